The molecular weight excluding hydrogens is 435 g/mol. The molecule has 0 radical (unpaired) electrons. The number of pyridine rings is 1. The van der Waals surface area contributed by atoms with Gasteiger partial charge in [-0.3, -0.25) is 4.98 Å². The average Bonchev–Trinajstić information content (AvgIpc) is 3.63. The first-order valence-electron chi connectivity index (χ1n) is 11.8. The number of hydrogen-bond donors (Lipinski definition) is 2. The summed E-state index contributed by atoms with van der Waals surface area (Å²) in [4.78, 5) is 18.6. The quantitative estimate of drug-likeness (QED) is 0.414. The molecule has 3 aromatic rings. The number of nitrogens with zero attached hydrogens (tertiary/aromatic N) is 2. The highest BCUT2D eigenvalue weighted by Gasteiger charge is 2.23. The molecule has 0 atom stereocenters. The van der Waals surface area contributed by atoms with Gasteiger partial charge in [-0.05, 0) is 62.7 Å². The first kappa shape index (κ1) is 23.8. The first-order valence-corrected chi connectivity index (χ1v) is 11.8. The van der Waals surface area contributed by atoms with E-state index in [0.29, 0.717) is 18.1 Å². The van der Waals surface area contributed by atoms with E-state index in [2.05, 4.69) is 34.4 Å². The number of aromatic nitrogens is 1. The third kappa shape index (κ3) is 5.94. The number of benzene rings is 2. The van der Waals surface area contributed by atoms with Crippen molar-refractivity contribution in [2.45, 2.75) is 39.7 Å². The summed E-state index contributed by atoms with van der Waals surface area (Å²) in [5.41, 5.74) is 1.81. The highest BCUT2D eigenvalue weighted by molar-refractivity contribution is 5.90. The fraction of sp³-hybridized carbons (Fsp3) is 0.385. The molecule has 1 aliphatic rings. The lowest BCUT2D eigenvalue weighted by molar-refractivity contribution is 0.222. The number of carbonyl (C=O) groups is 1. The normalized spacial score (nSPS) is 13.2. The van der Waals surface area contributed by atoms with E-state index < -0.39 is 11.8 Å². The molecular formula is C26H31FN4O3. The molecule has 2 N–H and O–H groups in total. The molecule has 2 amide bonds. The van der Waals surface area contributed by atoms with Crippen LogP contribution in [0.4, 0.5) is 14.9 Å². The van der Waals surface area contributed by atoms with Crippen molar-refractivity contribution in [3.05, 3.63) is 54.0 Å². The number of halogens is 1. The Balaban J connectivity index is 1.47. The summed E-state index contributed by atoms with van der Waals surface area (Å²) in [6.45, 7) is 9.70. The van der Waals surface area contributed by atoms with Crippen LogP contribution in [-0.4, -0.2) is 48.2 Å². The number of nitrogens with one attached hydrogen (secondary N) is 2. The van der Waals surface area contributed by atoms with Crippen molar-refractivity contribution >= 4 is 22.6 Å². The van der Waals surface area contributed by atoms with Gasteiger partial charge in [0, 0.05) is 36.3 Å². The third-order valence-corrected chi connectivity index (χ3v) is 5.89. The summed E-state index contributed by atoms with van der Waals surface area (Å²) in [6, 6.07) is 9.80. The highest BCUT2D eigenvalue weighted by Crippen LogP contribution is 2.34. The van der Waals surface area contributed by atoms with Crippen molar-refractivity contribution in [3.8, 4) is 17.2 Å². The van der Waals surface area contributed by atoms with Crippen LogP contribution >= 0.6 is 0 Å². The van der Waals surface area contributed by atoms with Gasteiger partial charge in [0.25, 0.3) is 0 Å². The van der Waals surface area contributed by atoms with Crippen LogP contribution in [0.3, 0.4) is 0 Å². The molecule has 0 saturated heterocycles. The average molecular weight is 467 g/mol. The number of aryl methyl sites for hydroxylation is 1. The Hall–Kier alpha value is -3.39. The number of likely N-dealkylation sites (N-methyl/N-ethyl adjacent to an activating group) is 1. The Labute approximate surface area is 199 Å². The van der Waals surface area contributed by atoms with E-state index in [1.165, 1.54) is 12.1 Å². The number of rotatable bonds is 10. The van der Waals surface area contributed by atoms with Crippen LogP contribution in [0.1, 0.15) is 32.3 Å². The lowest BCUT2D eigenvalue weighted by Crippen LogP contribution is -2.30. The summed E-state index contributed by atoms with van der Waals surface area (Å²) < 4.78 is 26.6. The van der Waals surface area contributed by atoms with Crippen LogP contribution < -0.4 is 20.1 Å². The zero-order chi connectivity index (χ0) is 24.1. The zero-order valence-electron chi connectivity index (χ0n) is 19.9. The molecule has 2 aromatic carbocycles. The molecule has 0 aliphatic heterocycles. The second kappa shape index (κ2) is 10.7. The van der Waals surface area contributed by atoms with Crippen molar-refractivity contribution < 1.29 is 18.7 Å². The SMILES string of the molecule is CCN(CC)CCOc1cc2nccc(Oc3ccc(NC(=O)NC4CC4)c(F)c3)c2cc1C. The molecule has 8 heteroatoms. The largest absolute Gasteiger partial charge is 0.492 e. The summed E-state index contributed by atoms with van der Waals surface area (Å²) in [5, 5.41) is 6.12. The number of hydrogen-bond acceptors (Lipinski definition) is 5. The van der Waals surface area contributed by atoms with Gasteiger partial charge in [-0.15, -0.1) is 0 Å². The molecule has 0 unspecified atom stereocenters. The monoisotopic (exact) mass is 466 g/mol. The Morgan fingerprint density at radius 2 is 1.94 bits per heavy atom. The Bertz CT molecular complexity index is 1160. The van der Waals surface area contributed by atoms with E-state index in [4.69, 9.17) is 9.47 Å². The Morgan fingerprint density at radius 3 is 2.65 bits per heavy atom. The molecule has 0 spiro atoms. The van der Waals surface area contributed by atoms with Gasteiger partial charge in [0.1, 0.15) is 29.7 Å². The minimum absolute atomic E-state index is 0.104. The Morgan fingerprint density at radius 1 is 1.15 bits per heavy atom. The lowest BCUT2D eigenvalue weighted by Gasteiger charge is -2.19. The maximum atomic E-state index is 14.6. The maximum absolute atomic E-state index is 14.6. The molecule has 1 aromatic heterocycles. The van der Waals surface area contributed by atoms with Crippen LogP contribution in [0.5, 0.6) is 17.2 Å². The molecule has 7 nitrogen and oxygen atoms in total. The smallest absolute Gasteiger partial charge is 0.319 e. The van der Waals surface area contributed by atoms with Crippen LogP contribution in [-0.2, 0) is 0 Å². The minimum atomic E-state index is -0.568. The van der Waals surface area contributed by atoms with E-state index in [1.54, 1.807) is 18.3 Å². The number of anilines is 1. The molecule has 4 rings (SSSR count). The van der Waals surface area contributed by atoms with E-state index in [1.807, 2.05) is 19.1 Å². The predicted molar refractivity (Wildman–Crippen MR) is 131 cm³/mol. The van der Waals surface area contributed by atoms with Gasteiger partial charge < -0.3 is 25.0 Å². The molecule has 34 heavy (non-hydrogen) atoms. The van der Waals surface area contributed by atoms with E-state index in [-0.39, 0.29) is 11.7 Å². The molecule has 1 aliphatic carbocycles. The van der Waals surface area contributed by atoms with E-state index >= 15 is 0 Å². The van der Waals surface area contributed by atoms with Crippen LogP contribution in [0.15, 0.2) is 42.6 Å². The molecule has 0 bridgehead atoms. The van der Waals surface area contributed by atoms with Gasteiger partial charge in [-0.25, -0.2) is 9.18 Å². The topological polar surface area (TPSA) is 75.7 Å². The minimum Gasteiger partial charge on any atom is -0.492 e. The van der Waals surface area contributed by atoms with Crippen LogP contribution in [0.25, 0.3) is 10.9 Å². The van der Waals surface area contributed by atoms with E-state index in [0.717, 1.165) is 54.7 Å². The van der Waals surface area contributed by atoms with Gasteiger partial charge in [0.05, 0.1) is 11.2 Å². The van der Waals surface area contributed by atoms with Crippen molar-refractivity contribution in [1.29, 1.82) is 0 Å². The first-order chi connectivity index (χ1) is 16.5. The standard InChI is InChI=1S/C26H31FN4O3/c1-4-31(5-2)12-13-33-25-16-23-20(14-17(25)3)24(10-11-28-23)34-19-8-9-22(21(27)15-19)30-26(32)29-18-6-7-18/h8-11,14-16,18H,4-7,12-13H2,1-3H3,(H2,29,30,32). The molecule has 1 saturated carbocycles. The second-order valence-electron chi connectivity index (χ2n) is 8.44. The maximum Gasteiger partial charge on any atom is 0.319 e. The highest BCUT2D eigenvalue weighted by atomic mass is 19.1. The fourth-order valence-corrected chi connectivity index (χ4v) is 3.68. The van der Waals surface area contributed by atoms with Crippen molar-refractivity contribution in [1.82, 2.24) is 15.2 Å². The van der Waals surface area contributed by atoms with Crippen molar-refractivity contribution in [3.63, 3.8) is 0 Å². The van der Waals surface area contributed by atoms with Gasteiger partial charge >= 0.3 is 6.03 Å². The van der Waals surface area contributed by atoms with Gasteiger partial charge in [0.15, 0.2) is 0 Å². The van der Waals surface area contributed by atoms with Crippen LogP contribution in [0, 0.1) is 12.7 Å². The number of fused-ring (bicyclic) bond motifs is 1. The summed E-state index contributed by atoms with van der Waals surface area (Å²) >= 11 is 0. The number of carbonyl (C=O) groups excluding carboxylic acids is 1. The zero-order valence-corrected chi connectivity index (χ0v) is 19.9. The van der Waals surface area contributed by atoms with Gasteiger partial charge in [-0.1, -0.05) is 13.8 Å². The number of urea groups is 1. The number of amides is 2. The summed E-state index contributed by atoms with van der Waals surface area (Å²) in [6.07, 6.45) is 3.58. The van der Waals surface area contributed by atoms with Gasteiger partial charge in [-0.2, -0.15) is 0 Å². The third-order valence-electron chi connectivity index (χ3n) is 5.89. The van der Waals surface area contributed by atoms with Gasteiger partial charge in [0.2, 0.25) is 0 Å². The molecule has 180 valence electrons. The van der Waals surface area contributed by atoms with E-state index in [9.17, 15) is 9.18 Å². The predicted octanol–water partition coefficient (Wildman–Crippen LogP) is 5.48. The summed E-state index contributed by atoms with van der Waals surface area (Å²) in [5.74, 6) is 1.11. The molecule has 1 fully saturated rings. The number of ether oxygens (including phenoxy) is 2. The summed E-state index contributed by atoms with van der Waals surface area (Å²) in [7, 11) is 0. The second-order valence-corrected chi connectivity index (χ2v) is 8.44. The van der Waals surface area contributed by atoms with Crippen molar-refractivity contribution in [2.24, 2.45) is 0 Å². The molecule has 1 heterocycles. The van der Waals surface area contributed by atoms with Crippen molar-refractivity contribution in [2.75, 3.05) is 31.6 Å². The fourth-order valence-electron chi connectivity index (χ4n) is 3.68. The lowest BCUT2D eigenvalue weighted by atomic mass is 10.1. The van der Waals surface area contributed by atoms with Crippen LogP contribution in [0.2, 0.25) is 0 Å². The Kier molecular flexibility index (Phi) is 7.47.